The van der Waals surface area contributed by atoms with E-state index < -0.39 is 26.5 Å². The summed E-state index contributed by atoms with van der Waals surface area (Å²) in [6.45, 7) is 2.89. The van der Waals surface area contributed by atoms with Crippen LogP contribution in [0.1, 0.15) is 37.8 Å². The summed E-state index contributed by atoms with van der Waals surface area (Å²) in [5, 5.41) is 0. The van der Waals surface area contributed by atoms with Crippen molar-refractivity contribution in [1.29, 1.82) is 0 Å². The molecular weight excluding hydrogens is 428 g/mol. The number of hydrogen-bond acceptors (Lipinski definition) is 6. The summed E-state index contributed by atoms with van der Waals surface area (Å²) >= 11 is 0. The highest BCUT2D eigenvalue weighted by atomic mass is 32.2. The van der Waals surface area contributed by atoms with Crippen LogP contribution < -0.4 is 0 Å². The maximum absolute atomic E-state index is 13.2. The molecule has 1 atom stereocenters. The predicted octanol–water partition coefficient (Wildman–Crippen LogP) is 3.74. The van der Waals surface area contributed by atoms with E-state index in [1.54, 1.807) is 0 Å². The fraction of sp³-hybridized carbons (Fsp3) is 0.440. The summed E-state index contributed by atoms with van der Waals surface area (Å²) in [5.74, 6) is -2.27. The van der Waals surface area contributed by atoms with Gasteiger partial charge in [0.25, 0.3) is 0 Å². The van der Waals surface area contributed by atoms with Gasteiger partial charge in [0.1, 0.15) is 18.0 Å². The summed E-state index contributed by atoms with van der Waals surface area (Å²) in [5.41, 5.74) is 1.68. The molecule has 7 heteroatoms. The normalized spacial score (nSPS) is 15.1. The molecule has 32 heavy (non-hydrogen) atoms. The number of sulfone groups is 1. The first kappa shape index (κ1) is 24.0. The minimum absolute atomic E-state index is 0.0768. The van der Waals surface area contributed by atoms with Gasteiger partial charge in [0, 0.05) is 0 Å². The molecule has 6 nitrogen and oxygen atoms in total. The van der Waals surface area contributed by atoms with Crippen molar-refractivity contribution in [1.82, 2.24) is 0 Å². The van der Waals surface area contributed by atoms with Gasteiger partial charge in [-0.15, -0.1) is 0 Å². The van der Waals surface area contributed by atoms with E-state index in [-0.39, 0.29) is 37.3 Å². The Hall–Kier alpha value is -2.67. The second-order valence-electron chi connectivity index (χ2n) is 8.90. The molecule has 0 spiro atoms. The van der Waals surface area contributed by atoms with E-state index in [1.165, 1.54) is 13.8 Å². The van der Waals surface area contributed by atoms with Crippen LogP contribution in [0.4, 0.5) is 0 Å². The van der Waals surface area contributed by atoms with Gasteiger partial charge in [-0.05, 0) is 44.2 Å². The first-order valence-corrected chi connectivity index (χ1v) is 12.5. The van der Waals surface area contributed by atoms with E-state index in [0.717, 1.165) is 24.0 Å². The van der Waals surface area contributed by atoms with Gasteiger partial charge in [-0.3, -0.25) is 9.59 Å². The van der Waals surface area contributed by atoms with E-state index in [2.05, 4.69) is 0 Å². The summed E-state index contributed by atoms with van der Waals surface area (Å²) < 4.78 is 35.9. The van der Waals surface area contributed by atoms with Crippen molar-refractivity contribution in [3.63, 3.8) is 0 Å². The average molecular weight is 459 g/mol. The molecule has 1 fully saturated rings. The van der Waals surface area contributed by atoms with E-state index in [1.807, 2.05) is 60.7 Å². The number of esters is 2. The van der Waals surface area contributed by atoms with Crippen LogP contribution >= 0.6 is 0 Å². The van der Waals surface area contributed by atoms with Gasteiger partial charge in [-0.1, -0.05) is 60.7 Å². The highest BCUT2D eigenvalue weighted by Crippen LogP contribution is 2.31. The molecule has 172 valence electrons. The molecule has 0 heterocycles. The number of benzene rings is 2. The van der Waals surface area contributed by atoms with E-state index in [0.29, 0.717) is 0 Å². The van der Waals surface area contributed by atoms with Crippen molar-refractivity contribution >= 4 is 21.8 Å². The molecule has 1 aliphatic rings. The minimum atomic E-state index is -3.79. The van der Waals surface area contributed by atoms with Crippen LogP contribution in [0.5, 0.6) is 0 Å². The Morgan fingerprint density at radius 2 is 1.50 bits per heavy atom. The maximum atomic E-state index is 13.2. The molecular formula is C25H30O6S. The van der Waals surface area contributed by atoms with E-state index in [9.17, 15) is 18.0 Å². The largest absolute Gasteiger partial charge is 0.464 e. The lowest BCUT2D eigenvalue weighted by Crippen LogP contribution is -2.43. The van der Waals surface area contributed by atoms with Gasteiger partial charge >= 0.3 is 11.9 Å². The standard InChI is InChI=1S/C25H30O6S/c1-25(2,18-31-23(26)21-13-14-21)32(28,29)17-22(15-19-9-5-3-6-10-19)24(27)30-16-20-11-7-4-8-12-20/h3-12,21-22H,13-18H2,1-2H3. The first-order chi connectivity index (χ1) is 15.2. The molecule has 0 saturated heterocycles. The van der Waals surface area contributed by atoms with Crippen molar-refractivity contribution in [2.24, 2.45) is 11.8 Å². The molecule has 2 aromatic rings. The Kier molecular flexibility index (Phi) is 7.72. The zero-order chi connectivity index (χ0) is 23.2. The van der Waals surface area contributed by atoms with Crippen LogP contribution in [0.2, 0.25) is 0 Å². The van der Waals surface area contributed by atoms with Crippen LogP contribution in [0, 0.1) is 11.8 Å². The summed E-state index contributed by atoms with van der Waals surface area (Å²) in [6, 6.07) is 18.5. The van der Waals surface area contributed by atoms with E-state index in [4.69, 9.17) is 9.47 Å². The summed E-state index contributed by atoms with van der Waals surface area (Å²) in [6.07, 6.45) is 1.82. The second-order valence-corrected chi connectivity index (χ2v) is 11.6. The Morgan fingerprint density at radius 3 is 2.06 bits per heavy atom. The van der Waals surface area contributed by atoms with Gasteiger partial charge in [0.05, 0.1) is 17.6 Å². The van der Waals surface area contributed by atoms with Crippen LogP contribution in [0.15, 0.2) is 60.7 Å². The summed E-state index contributed by atoms with van der Waals surface area (Å²) in [4.78, 5) is 24.8. The van der Waals surface area contributed by atoms with Crippen molar-refractivity contribution < 1.29 is 27.5 Å². The van der Waals surface area contributed by atoms with Gasteiger partial charge < -0.3 is 9.47 Å². The van der Waals surface area contributed by atoms with Gasteiger partial charge in [0.2, 0.25) is 0 Å². The Bertz CT molecular complexity index is 1010. The molecule has 0 bridgehead atoms. The third kappa shape index (κ3) is 6.66. The Labute approximate surface area is 189 Å². The molecule has 1 saturated carbocycles. The van der Waals surface area contributed by atoms with Crippen molar-refractivity contribution in [3.05, 3.63) is 71.8 Å². The highest BCUT2D eigenvalue weighted by molar-refractivity contribution is 7.92. The third-order valence-electron chi connectivity index (χ3n) is 5.62. The van der Waals surface area contributed by atoms with Gasteiger partial charge in [-0.2, -0.15) is 0 Å². The highest BCUT2D eigenvalue weighted by Gasteiger charge is 2.41. The van der Waals surface area contributed by atoms with Crippen molar-refractivity contribution in [2.45, 2.75) is 44.5 Å². The number of hydrogen-bond donors (Lipinski definition) is 0. The molecule has 0 amide bonds. The smallest absolute Gasteiger partial charge is 0.310 e. The van der Waals surface area contributed by atoms with Gasteiger partial charge in [0.15, 0.2) is 9.84 Å². The van der Waals surface area contributed by atoms with Crippen LogP contribution in [0.25, 0.3) is 0 Å². The molecule has 2 aromatic carbocycles. The number of carbonyl (C=O) groups excluding carboxylic acids is 2. The summed E-state index contributed by atoms with van der Waals surface area (Å²) in [7, 11) is -3.79. The average Bonchev–Trinajstić information content (AvgIpc) is 3.62. The molecule has 0 N–H and O–H groups in total. The molecule has 0 radical (unpaired) electrons. The molecule has 1 aliphatic carbocycles. The number of carbonyl (C=O) groups is 2. The van der Waals surface area contributed by atoms with Crippen molar-refractivity contribution in [2.75, 3.05) is 12.4 Å². The first-order valence-electron chi connectivity index (χ1n) is 10.8. The number of rotatable bonds is 11. The lowest BCUT2D eigenvalue weighted by molar-refractivity contribution is -0.149. The molecule has 0 aromatic heterocycles. The van der Waals surface area contributed by atoms with E-state index >= 15 is 0 Å². The Balaban J connectivity index is 1.70. The number of ether oxygens (including phenoxy) is 2. The van der Waals surface area contributed by atoms with Crippen LogP contribution in [-0.4, -0.2) is 37.5 Å². The Morgan fingerprint density at radius 1 is 0.938 bits per heavy atom. The third-order valence-corrected chi connectivity index (χ3v) is 8.26. The fourth-order valence-corrected chi connectivity index (χ4v) is 4.69. The molecule has 0 aliphatic heterocycles. The van der Waals surface area contributed by atoms with Crippen LogP contribution in [0.3, 0.4) is 0 Å². The monoisotopic (exact) mass is 458 g/mol. The van der Waals surface area contributed by atoms with Gasteiger partial charge in [-0.25, -0.2) is 8.42 Å². The van der Waals surface area contributed by atoms with Crippen molar-refractivity contribution in [3.8, 4) is 0 Å². The lowest BCUT2D eigenvalue weighted by Gasteiger charge is -2.27. The molecule has 1 unspecified atom stereocenters. The fourth-order valence-electron chi connectivity index (χ4n) is 3.22. The zero-order valence-corrected chi connectivity index (χ0v) is 19.3. The second kappa shape index (κ2) is 10.3. The SMILES string of the molecule is CC(C)(COC(=O)C1CC1)S(=O)(=O)CC(Cc1ccccc1)C(=O)OCc1ccccc1. The molecule has 3 rings (SSSR count). The van der Waals surface area contributed by atoms with Crippen LogP contribution in [-0.2, 0) is 41.9 Å². The minimum Gasteiger partial charge on any atom is -0.464 e. The quantitative estimate of drug-likeness (QED) is 0.477. The lowest BCUT2D eigenvalue weighted by atomic mass is 10.0. The zero-order valence-electron chi connectivity index (χ0n) is 18.5. The topological polar surface area (TPSA) is 86.7 Å². The predicted molar refractivity (Wildman–Crippen MR) is 121 cm³/mol. The maximum Gasteiger partial charge on any atom is 0.310 e.